The van der Waals surface area contributed by atoms with E-state index in [-0.39, 0.29) is 0 Å². The Balaban J connectivity index is 2.11. The first kappa shape index (κ1) is 14.1. The summed E-state index contributed by atoms with van der Waals surface area (Å²) in [7, 11) is 0. The van der Waals surface area contributed by atoms with E-state index in [1.165, 1.54) is 5.56 Å². The number of H-pyrrole nitrogens is 1. The van der Waals surface area contributed by atoms with Crippen LogP contribution in [0.2, 0.25) is 0 Å². The Hall–Kier alpha value is -2.36. The smallest absolute Gasteiger partial charge is 0.285 e. The van der Waals surface area contributed by atoms with Crippen molar-refractivity contribution in [2.45, 2.75) is 20.3 Å². The molecule has 0 saturated heterocycles. The number of anilines is 1. The Bertz CT molecular complexity index is 609. The van der Waals surface area contributed by atoms with Crippen LogP contribution in [0.25, 0.3) is 0 Å². The van der Waals surface area contributed by atoms with Gasteiger partial charge in [-0.3, -0.25) is 10.1 Å². The molecule has 2 aromatic rings. The Morgan fingerprint density at radius 2 is 1.95 bits per heavy atom. The maximum atomic E-state index is 11.5. The number of aromatic nitrogens is 1. The first-order valence-electron chi connectivity index (χ1n) is 6.69. The number of carbonyl (C=O) groups excluding carboxylic acids is 1. The molecule has 0 fully saturated rings. The standard InChI is InChI=1S/C16H19N3O/c1-11-10-12(2)19-16(14(11)15(17)20)18-9-8-13-6-4-3-5-7-13/h3-7,10H,8-9H2,1-2H3,(H2,17,20)(H,18,19)/p+1. The summed E-state index contributed by atoms with van der Waals surface area (Å²) in [6, 6.07) is 12.1. The van der Waals surface area contributed by atoms with E-state index in [0.717, 1.165) is 24.2 Å². The van der Waals surface area contributed by atoms with Crippen molar-refractivity contribution in [2.75, 3.05) is 11.9 Å². The summed E-state index contributed by atoms with van der Waals surface area (Å²) in [6.07, 6.45) is 0.889. The molecule has 1 amide bonds. The van der Waals surface area contributed by atoms with Crippen LogP contribution in [0.15, 0.2) is 36.4 Å². The van der Waals surface area contributed by atoms with Crippen LogP contribution in [0, 0.1) is 13.8 Å². The molecule has 0 aliphatic heterocycles. The lowest BCUT2D eigenvalue weighted by molar-refractivity contribution is -0.371. The molecule has 0 aliphatic rings. The van der Waals surface area contributed by atoms with Gasteiger partial charge in [0.05, 0.1) is 12.2 Å². The van der Waals surface area contributed by atoms with Gasteiger partial charge in [-0.1, -0.05) is 30.3 Å². The molecule has 0 unspecified atom stereocenters. The maximum Gasteiger partial charge on any atom is 0.285 e. The lowest BCUT2D eigenvalue weighted by Crippen LogP contribution is -2.25. The van der Waals surface area contributed by atoms with E-state index < -0.39 is 5.91 Å². The van der Waals surface area contributed by atoms with Crippen molar-refractivity contribution in [2.24, 2.45) is 5.73 Å². The van der Waals surface area contributed by atoms with Gasteiger partial charge in [-0.25, -0.2) is 4.98 Å². The molecule has 1 heterocycles. The molecule has 0 spiro atoms. The SMILES string of the molecule is Cc1cc(C)c(C(N)=O)c(NCCc2ccccc2)[nH+]1. The fourth-order valence-corrected chi connectivity index (χ4v) is 2.32. The first-order chi connectivity index (χ1) is 9.58. The minimum absolute atomic E-state index is 0.416. The molecule has 4 heteroatoms. The fourth-order valence-electron chi connectivity index (χ4n) is 2.32. The lowest BCUT2D eigenvalue weighted by atomic mass is 10.1. The predicted molar refractivity (Wildman–Crippen MR) is 79.6 cm³/mol. The zero-order valence-electron chi connectivity index (χ0n) is 11.9. The van der Waals surface area contributed by atoms with Crippen LogP contribution in [0.5, 0.6) is 0 Å². The summed E-state index contributed by atoms with van der Waals surface area (Å²) in [6.45, 7) is 4.59. The molecule has 1 aromatic heterocycles. The van der Waals surface area contributed by atoms with Crippen molar-refractivity contribution in [1.82, 2.24) is 0 Å². The normalized spacial score (nSPS) is 10.3. The topological polar surface area (TPSA) is 69.3 Å². The first-order valence-corrected chi connectivity index (χ1v) is 6.69. The fraction of sp³-hybridized carbons (Fsp3) is 0.250. The Kier molecular flexibility index (Phi) is 4.35. The molecule has 2 rings (SSSR count). The number of nitrogens with one attached hydrogen (secondary N) is 2. The van der Waals surface area contributed by atoms with Crippen LogP contribution in [0.4, 0.5) is 5.82 Å². The Morgan fingerprint density at radius 1 is 1.25 bits per heavy atom. The third-order valence-electron chi connectivity index (χ3n) is 3.20. The number of carbonyl (C=O) groups is 1. The number of benzene rings is 1. The molecule has 0 radical (unpaired) electrons. The summed E-state index contributed by atoms with van der Waals surface area (Å²) < 4.78 is 0. The number of primary amides is 1. The van der Waals surface area contributed by atoms with E-state index in [0.29, 0.717) is 11.4 Å². The minimum atomic E-state index is -0.416. The second-order valence-electron chi connectivity index (χ2n) is 4.91. The number of hydrogen-bond donors (Lipinski definition) is 2. The highest BCUT2D eigenvalue weighted by molar-refractivity contribution is 5.98. The molecule has 0 aliphatic carbocycles. The van der Waals surface area contributed by atoms with E-state index in [1.807, 2.05) is 38.1 Å². The molecule has 104 valence electrons. The highest BCUT2D eigenvalue weighted by Crippen LogP contribution is 2.14. The third kappa shape index (κ3) is 3.35. The summed E-state index contributed by atoms with van der Waals surface area (Å²) in [5.74, 6) is 0.284. The van der Waals surface area contributed by atoms with Crippen LogP contribution >= 0.6 is 0 Å². The van der Waals surface area contributed by atoms with Crippen LogP contribution < -0.4 is 16.0 Å². The molecule has 0 atom stereocenters. The summed E-state index contributed by atoms with van der Waals surface area (Å²) in [5.41, 5.74) is 9.12. The van der Waals surface area contributed by atoms with Crippen molar-refractivity contribution < 1.29 is 9.78 Å². The summed E-state index contributed by atoms with van der Waals surface area (Å²) in [5, 5.41) is 3.27. The van der Waals surface area contributed by atoms with Crippen molar-refractivity contribution in [3.8, 4) is 0 Å². The molecular formula is C16H20N3O+. The molecule has 0 bridgehead atoms. The van der Waals surface area contributed by atoms with Crippen LogP contribution in [-0.4, -0.2) is 12.5 Å². The highest BCUT2D eigenvalue weighted by atomic mass is 16.1. The van der Waals surface area contributed by atoms with E-state index in [1.54, 1.807) is 0 Å². The number of nitrogens with two attached hydrogens (primary N) is 1. The van der Waals surface area contributed by atoms with E-state index >= 15 is 0 Å². The van der Waals surface area contributed by atoms with Gasteiger partial charge in [0.15, 0.2) is 0 Å². The second-order valence-corrected chi connectivity index (χ2v) is 4.91. The molecule has 20 heavy (non-hydrogen) atoms. The minimum Gasteiger partial charge on any atom is -0.365 e. The Labute approximate surface area is 119 Å². The summed E-state index contributed by atoms with van der Waals surface area (Å²) >= 11 is 0. The zero-order chi connectivity index (χ0) is 14.5. The van der Waals surface area contributed by atoms with Gasteiger partial charge < -0.3 is 5.73 Å². The number of amides is 1. The van der Waals surface area contributed by atoms with Crippen LogP contribution in [0.1, 0.15) is 27.2 Å². The van der Waals surface area contributed by atoms with Gasteiger partial charge in [-0.05, 0) is 31.0 Å². The van der Waals surface area contributed by atoms with Gasteiger partial charge in [-0.15, -0.1) is 0 Å². The van der Waals surface area contributed by atoms with Gasteiger partial charge in [-0.2, -0.15) is 0 Å². The number of hydrogen-bond acceptors (Lipinski definition) is 2. The third-order valence-corrected chi connectivity index (χ3v) is 3.20. The van der Waals surface area contributed by atoms with Gasteiger partial charge in [0.1, 0.15) is 5.56 Å². The maximum absolute atomic E-state index is 11.5. The quantitative estimate of drug-likeness (QED) is 0.870. The van der Waals surface area contributed by atoms with Gasteiger partial charge in [0.25, 0.3) is 11.7 Å². The van der Waals surface area contributed by atoms with E-state index in [9.17, 15) is 4.79 Å². The second kappa shape index (κ2) is 6.19. The predicted octanol–water partition coefficient (Wildman–Crippen LogP) is 1.87. The van der Waals surface area contributed by atoms with Gasteiger partial charge in [0.2, 0.25) is 0 Å². The Morgan fingerprint density at radius 3 is 2.60 bits per heavy atom. The summed E-state index contributed by atoms with van der Waals surface area (Å²) in [4.78, 5) is 14.7. The number of rotatable bonds is 5. The van der Waals surface area contributed by atoms with Crippen molar-refractivity contribution in [1.29, 1.82) is 0 Å². The largest absolute Gasteiger partial charge is 0.365 e. The van der Waals surface area contributed by atoms with Crippen LogP contribution in [0.3, 0.4) is 0 Å². The van der Waals surface area contributed by atoms with Crippen molar-refractivity contribution >= 4 is 11.7 Å². The van der Waals surface area contributed by atoms with E-state index in [2.05, 4.69) is 22.4 Å². The highest BCUT2D eigenvalue weighted by Gasteiger charge is 2.18. The zero-order valence-corrected chi connectivity index (χ0v) is 11.9. The lowest BCUT2D eigenvalue weighted by Gasteiger charge is -2.07. The van der Waals surface area contributed by atoms with Gasteiger partial charge in [0, 0.05) is 6.42 Å². The molecule has 1 aromatic carbocycles. The molecule has 4 N–H and O–H groups in total. The van der Waals surface area contributed by atoms with Crippen molar-refractivity contribution in [3.05, 3.63) is 58.8 Å². The number of aryl methyl sites for hydroxylation is 2. The van der Waals surface area contributed by atoms with E-state index in [4.69, 9.17) is 5.73 Å². The molecular weight excluding hydrogens is 250 g/mol. The number of aromatic amines is 1. The van der Waals surface area contributed by atoms with Crippen molar-refractivity contribution in [3.63, 3.8) is 0 Å². The van der Waals surface area contributed by atoms with Gasteiger partial charge >= 0.3 is 0 Å². The van der Waals surface area contributed by atoms with Crippen LogP contribution in [-0.2, 0) is 6.42 Å². The molecule has 4 nitrogen and oxygen atoms in total. The number of pyridine rings is 1. The average Bonchev–Trinajstić information content (AvgIpc) is 2.38. The average molecular weight is 270 g/mol. The monoisotopic (exact) mass is 270 g/mol. The molecule has 0 saturated carbocycles.